The largest absolute Gasteiger partial charge is 0.397 e. The van der Waals surface area contributed by atoms with Crippen LogP contribution < -0.4 is 11.1 Å². The minimum atomic E-state index is 0.638. The molecule has 0 fully saturated rings. The number of hydrogen-bond acceptors (Lipinski definition) is 5. The topological polar surface area (TPSA) is 81.1 Å². The van der Waals surface area contributed by atoms with Crippen molar-refractivity contribution in [1.29, 1.82) is 0 Å². The standard InChI is InChI=1S/C18H16N6/c1-12-5-4-6-15(19)17(12)23-13-9-20-18(21-10-13)14-11-22-24-8-3-2-7-16(14)24/h2-11,23H,19H2,1H3. The van der Waals surface area contributed by atoms with Crippen molar-refractivity contribution in [2.45, 2.75) is 6.92 Å². The van der Waals surface area contributed by atoms with E-state index in [1.807, 2.05) is 49.5 Å². The van der Waals surface area contributed by atoms with Crippen molar-refractivity contribution in [3.8, 4) is 11.4 Å². The van der Waals surface area contributed by atoms with Crippen molar-refractivity contribution >= 4 is 22.6 Å². The minimum absolute atomic E-state index is 0.638. The van der Waals surface area contributed by atoms with Gasteiger partial charge >= 0.3 is 0 Å². The quantitative estimate of drug-likeness (QED) is 0.566. The molecule has 0 radical (unpaired) electrons. The Labute approximate surface area is 139 Å². The summed E-state index contributed by atoms with van der Waals surface area (Å²) in [6.45, 7) is 2.01. The summed E-state index contributed by atoms with van der Waals surface area (Å²) in [6.07, 6.45) is 7.17. The molecule has 0 aliphatic rings. The molecule has 0 atom stereocenters. The third-order valence-electron chi connectivity index (χ3n) is 3.89. The summed E-state index contributed by atoms with van der Waals surface area (Å²) in [5.74, 6) is 0.638. The van der Waals surface area contributed by atoms with Gasteiger partial charge in [-0.05, 0) is 30.7 Å². The van der Waals surface area contributed by atoms with Crippen molar-refractivity contribution in [2.75, 3.05) is 11.1 Å². The highest BCUT2D eigenvalue weighted by Crippen LogP contribution is 2.27. The van der Waals surface area contributed by atoms with Crippen LogP contribution in [0.15, 0.2) is 61.2 Å². The average molecular weight is 316 g/mol. The Morgan fingerprint density at radius 1 is 1.00 bits per heavy atom. The van der Waals surface area contributed by atoms with Crippen LogP contribution in [0, 0.1) is 6.92 Å². The number of nitrogens with zero attached hydrogens (tertiary/aromatic N) is 4. The normalized spacial score (nSPS) is 10.9. The molecule has 4 aromatic rings. The number of nitrogens with two attached hydrogens (primary N) is 1. The lowest BCUT2D eigenvalue weighted by Crippen LogP contribution is -2.00. The summed E-state index contributed by atoms with van der Waals surface area (Å²) in [7, 11) is 0. The third kappa shape index (κ3) is 2.44. The molecule has 0 saturated heterocycles. The zero-order valence-corrected chi connectivity index (χ0v) is 13.1. The molecular formula is C18H16N6. The molecule has 118 valence electrons. The van der Waals surface area contributed by atoms with Gasteiger partial charge in [0.15, 0.2) is 5.82 Å². The summed E-state index contributed by atoms with van der Waals surface area (Å²) in [5, 5.41) is 7.59. The van der Waals surface area contributed by atoms with Crippen LogP contribution in [0.4, 0.5) is 17.1 Å². The van der Waals surface area contributed by atoms with Gasteiger partial charge in [-0.25, -0.2) is 14.5 Å². The summed E-state index contributed by atoms with van der Waals surface area (Å²) in [5.41, 5.74) is 11.3. The lowest BCUT2D eigenvalue weighted by Gasteiger charge is -2.11. The van der Waals surface area contributed by atoms with Gasteiger partial charge in [0.25, 0.3) is 0 Å². The number of nitrogen functional groups attached to an aromatic ring is 1. The Morgan fingerprint density at radius 2 is 1.83 bits per heavy atom. The lowest BCUT2D eigenvalue weighted by molar-refractivity contribution is 0.961. The highest BCUT2D eigenvalue weighted by Gasteiger charge is 2.09. The van der Waals surface area contributed by atoms with Crippen molar-refractivity contribution in [3.05, 3.63) is 66.7 Å². The van der Waals surface area contributed by atoms with Gasteiger partial charge in [0.05, 0.1) is 46.7 Å². The number of pyridine rings is 1. The van der Waals surface area contributed by atoms with Gasteiger partial charge in [-0.3, -0.25) is 0 Å². The van der Waals surface area contributed by atoms with Crippen molar-refractivity contribution < 1.29 is 0 Å². The van der Waals surface area contributed by atoms with E-state index in [1.54, 1.807) is 23.1 Å². The Balaban J connectivity index is 1.66. The first-order valence-electron chi connectivity index (χ1n) is 7.59. The van der Waals surface area contributed by atoms with Crippen LogP contribution in [0.5, 0.6) is 0 Å². The van der Waals surface area contributed by atoms with E-state index in [-0.39, 0.29) is 0 Å². The summed E-state index contributed by atoms with van der Waals surface area (Å²) in [6, 6.07) is 11.7. The van der Waals surface area contributed by atoms with Gasteiger partial charge in [0.1, 0.15) is 0 Å². The van der Waals surface area contributed by atoms with E-state index in [9.17, 15) is 0 Å². The average Bonchev–Trinajstić information content (AvgIpc) is 3.03. The molecule has 0 saturated carbocycles. The molecular weight excluding hydrogens is 300 g/mol. The molecule has 0 amide bonds. The maximum absolute atomic E-state index is 6.02. The molecule has 3 heterocycles. The molecule has 3 aromatic heterocycles. The van der Waals surface area contributed by atoms with Crippen LogP contribution in [-0.2, 0) is 0 Å². The van der Waals surface area contributed by atoms with Crippen LogP contribution in [0.2, 0.25) is 0 Å². The number of aromatic nitrogens is 4. The molecule has 3 N–H and O–H groups in total. The fraction of sp³-hybridized carbons (Fsp3) is 0.0556. The lowest BCUT2D eigenvalue weighted by atomic mass is 10.1. The van der Waals surface area contributed by atoms with Gasteiger partial charge in [-0.15, -0.1) is 0 Å². The molecule has 24 heavy (non-hydrogen) atoms. The maximum Gasteiger partial charge on any atom is 0.163 e. The highest BCUT2D eigenvalue weighted by atomic mass is 15.2. The second kappa shape index (κ2) is 5.66. The van der Waals surface area contributed by atoms with Crippen LogP contribution in [0.25, 0.3) is 16.9 Å². The number of hydrogen-bond donors (Lipinski definition) is 2. The fourth-order valence-electron chi connectivity index (χ4n) is 2.64. The highest BCUT2D eigenvalue weighted by molar-refractivity contribution is 5.77. The van der Waals surface area contributed by atoms with E-state index >= 15 is 0 Å². The second-order valence-corrected chi connectivity index (χ2v) is 5.55. The van der Waals surface area contributed by atoms with E-state index in [0.717, 1.165) is 28.0 Å². The number of rotatable bonds is 3. The predicted molar refractivity (Wildman–Crippen MR) is 95.1 cm³/mol. The van der Waals surface area contributed by atoms with Gasteiger partial charge < -0.3 is 11.1 Å². The SMILES string of the molecule is Cc1cccc(N)c1Nc1cnc(-c2cnn3ccccc23)nc1. The number of benzene rings is 1. The van der Waals surface area contributed by atoms with Crippen LogP contribution in [0.3, 0.4) is 0 Å². The molecule has 0 unspecified atom stereocenters. The first kappa shape index (κ1) is 14.2. The number of para-hydroxylation sites is 1. The van der Waals surface area contributed by atoms with E-state index in [4.69, 9.17) is 5.73 Å². The van der Waals surface area contributed by atoms with Gasteiger partial charge in [0.2, 0.25) is 0 Å². The first-order valence-corrected chi connectivity index (χ1v) is 7.59. The number of nitrogens with one attached hydrogen (secondary N) is 1. The number of aryl methyl sites for hydroxylation is 1. The van der Waals surface area contributed by atoms with Crippen LogP contribution >= 0.6 is 0 Å². The maximum atomic E-state index is 6.02. The van der Waals surface area contributed by atoms with Crippen LogP contribution in [-0.4, -0.2) is 19.6 Å². The van der Waals surface area contributed by atoms with Crippen molar-refractivity contribution in [1.82, 2.24) is 19.6 Å². The zero-order chi connectivity index (χ0) is 16.5. The Hall–Kier alpha value is -3.41. The third-order valence-corrected chi connectivity index (χ3v) is 3.89. The first-order chi connectivity index (χ1) is 11.7. The van der Waals surface area contributed by atoms with Gasteiger partial charge in [-0.2, -0.15) is 5.10 Å². The molecule has 6 nitrogen and oxygen atoms in total. The smallest absolute Gasteiger partial charge is 0.163 e. The minimum Gasteiger partial charge on any atom is -0.397 e. The second-order valence-electron chi connectivity index (χ2n) is 5.55. The Bertz CT molecular complexity index is 983. The number of anilines is 3. The summed E-state index contributed by atoms with van der Waals surface area (Å²) >= 11 is 0. The number of fused-ring (bicyclic) bond motifs is 1. The molecule has 0 aliphatic carbocycles. The molecule has 1 aromatic carbocycles. The van der Waals surface area contributed by atoms with Gasteiger partial charge in [0, 0.05) is 6.20 Å². The van der Waals surface area contributed by atoms with Crippen molar-refractivity contribution in [2.24, 2.45) is 0 Å². The Kier molecular flexibility index (Phi) is 3.35. The van der Waals surface area contributed by atoms with E-state index < -0.39 is 0 Å². The zero-order valence-electron chi connectivity index (χ0n) is 13.1. The van der Waals surface area contributed by atoms with E-state index in [1.165, 1.54) is 0 Å². The van der Waals surface area contributed by atoms with Crippen molar-refractivity contribution in [3.63, 3.8) is 0 Å². The predicted octanol–water partition coefficient (Wildman–Crippen LogP) is 3.43. The molecule has 0 bridgehead atoms. The molecule has 6 heteroatoms. The van der Waals surface area contributed by atoms with E-state index in [2.05, 4.69) is 20.4 Å². The molecule has 4 rings (SSSR count). The Morgan fingerprint density at radius 3 is 2.62 bits per heavy atom. The molecule has 0 aliphatic heterocycles. The van der Waals surface area contributed by atoms with E-state index in [0.29, 0.717) is 11.5 Å². The summed E-state index contributed by atoms with van der Waals surface area (Å²) < 4.78 is 1.80. The molecule has 0 spiro atoms. The monoisotopic (exact) mass is 316 g/mol. The fourth-order valence-corrected chi connectivity index (χ4v) is 2.64. The summed E-state index contributed by atoms with van der Waals surface area (Å²) in [4.78, 5) is 8.92. The van der Waals surface area contributed by atoms with Gasteiger partial charge in [-0.1, -0.05) is 18.2 Å². The van der Waals surface area contributed by atoms with Crippen LogP contribution in [0.1, 0.15) is 5.56 Å².